The molecule has 0 unspecified atom stereocenters. The lowest BCUT2D eigenvalue weighted by Crippen LogP contribution is -2.32. The van der Waals surface area contributed by atoms with Crippen LogP contribution in [0.4, 0.5) is 0 Å². The molecular weight excluding hydrogens is 290 g/mol. The van der Waals surface area contributed by atoms with Crippen molar-refractivity contribution in [1.82, 2.24) is 4.90 Å². The van der Waals surface area contributed by atoms with Crippen LogP contribution < -0.4 is 0 Å². The average molecular weight is 309 g/mol. The number of ether oxygens (including phenoxy) is 1. The van der Waals surface area contributed by atoms with E-state index in [-0.39, 0.29) is 5.91 Å². The minimum atomic E-state index is 0.0941. The standard InChI is InChI=1S/C15H19NO2S2/c1-11-9-14(20-12(11)2)15(17)16(6-7-18-3)10-13-5-4-8-19-13/h4-5,8-9H,6-7,10H2,1-3H3. The van der Waals surface area contributed by atoms with Gasteiger partial charge in [0, 0.05) is 23.4 Å². The monoisotopic (exact) mass is 309 g/mol. The molecule has 0 saturated carbocycles. The van der Waals surface area contributed by atoms with Gasteiger partial charge >= 0.3 is 0 Å². The van der Waals surface area contributed by atoms with Gasteiger partial charge in [0.2, 0.25) is 0 Å². The molecule has 2 aromatic rings. The number of thiophene rings is 2. The predicted molar refractivity (Wildman–Crippen MR) is 84.7 cm³/mol. The van der Waals surface area contributed by atoms with Crippen molar-refractivity contribution in [3.63, 3.8) is 0 Å². The Balaban J connectivity index is 2.14. The minimum Gasteiger partial charge on any atom is -0.383 e. The van der Waals surface area contributed by atoms with E-state index in [1.165, 1.54) is 15.3 Å². The second-order valence-electron chi connectivity index (χ2n) is 4.65. The molecule has 0 atom stereocenters. The van der Waals surface area contributed by atoms with Gasteiger partial charge < -0.3 is 9.64 Å². The fraction of sp³-hybridized carbons (Fsp3) is 0.400. The number of nitrogens with zero attached hydrogens (tertiary/aromatic N) is 1. The molecule has 5 heteroatoms. The van der Waals surface area contributed by atoms with Gasteiger partial charge in [0.05, 0.1) is 18.0 Å². The largest absolute Gasteiger partial charge is 0.383 e. The molecule has 0 fully saturated rings. The predicted octanol–water partition coefficient (Wildman–Crippen LogP) is 3.72. The number of carbonyl (C=O) groups excluding carboxylic acids is 1. The zero-order valence-electron chi connectivity index (χ0n) is 12.0. The third-order valence-electron chi connectivity index (χ3n) is 3.16. The van der Waals surface area contributed by atoms with Crippen molar-refractivity contribution in [2.24, 2.45) is 0 Å². The van der Waals surface area contributed by atoms with Gasteiger partial charge in [0.25, 0.3) is 5.91 Å². The van der Waals surface area contributed by atoms with Crippen LogP contribution in [0.5, 0.6) is 0 Å². The molecule has 0 spiro atoms. The van der Waals surface area contributed by atoms with Crippen molar-refractivity contribution in [2.45, 2.75) is 20.4 Å². The Morgan fingerprint density at radius 3 is 2.75 bits per heavy atom. The smallest absolute Gasteiger partial charge is 0.264 e. The van der Waals surface area contributed by atoms with Crippen LogP contribution >= 0.6 is 22.7 Å². The molecule has 0 radical (unpaired) electrons. The summed E-state index contributed by atoms with van der Waals surface area (Å²) >= 11 is 3.24. The van der Waals surface area contributed by atoms with Crippen LogP contribution in [0.3, 0.4) is 0 Å². The summed E-state index contributed by atoms with van der Waals surface area (Å²) in [5, 5.41) is 2.04. The Morgan fingerprint density at radius 1 is 1.40 bits per heavy atom. The summed E-state index contributed by atoms with van der Waals surface area (Å²) in [6.45, 7) is 5.91. The van der Waals surface area contributed by atoms with Crippen LogP contribution in [-0.2, 0) is 11.3 Å². The highest BCUT2D eigenvalue weighted by atomic mass is 32.1. The molecule has 0 N–H and O–H groups in total. The Kier molecular flexibility index (Phi) is 5.34. The first-order chi connectivity index (χ1) is 9.61. The summed E-state index contributed by atoms with van der Waals surface area (Å²) in [6, 6.07) is 6.05. The molecule has 0 aliphatic heterocycles. The molecule has 0 saturated heterocycles. The third kappa shape index (κ3) is 3.69. The van der Waals surface area contributed by atoms with Gasteiger partial charge in [-0.25, -0.2) is 0 Å². The molecule has 108 valence electrons. The first-order valence-corrected chi connectivity index (χ1v) is 8.19. The lowest BCUT2D eigenvalue weighted by Gasteiger charge is -2.21. The zero-order chi connectivity index (χ0) is 14.5. The highest BCUT2D eigenvalue weighted by molar-refractivity contribution is 7.14. The topological polar surface area (TPSA) is 29.5 Å². The minimum absolute atomic E-state index is 0.0941. The van der Waals surface area contributed by atoms with Crippen LogP contribution in [0.2, 0.25) is 0 Å². The van der Waals surface area contributed by atoms with Crippen molar-refractivity contribution >= 4 is 28.6 Å². The molecule has 3 nitrogen and oxygen atoms in total. The maximum atomic E-state index is 12.6. The third-order valence-corrected chi connectivity index (χ3v) is 5.16. The van der Waals surface area contributed by atoms with Crippen molar-refractivity contribution in [3.05, 3.63) is 43.8 Å². The van der Waals surface area contributed by atoms with Crippen LogP contribution in [0.1, 0.15) is 25.0 Å². The number of aryl methyl sites for hydroxylation is 2. The lowest BCUT2D eigenvalue weighted by atomic mass is 10.2. The van der Waals surface area contributed by atoms with E-state index in [1.54, 1.807) is 29.8 Å². The lowest BCUT2D eigenvalue weighted by molar-refractivity contribution is 0.0687. The quantitative estimate of drug-likeness (QED) is 0.814. The molecular formula is C15H19NO2S2. The molecule has 0 aliphatic rings. The Morgan fingerprint density at radius 2 is 2.20 bits per heavy atom. The van der Waals surface area contributed by atoms with Crippen LogP contribution in [-0.4, -0.2) is 31.1 Å². The summed E-state index contributed by atoms with van der Waals surface area (Å²) in [4.78, 5) is 17.7. The summed E-state index contributed by atoms with van der Waals surface area (Å²) in [6.07, 6.45) is 0. The van der Waals surface area contributed by atoms with Gasteiger partial charge in [0.1, 0.15) is 0 Å². The summed E-state index contributed by atoms with van der Waals surface area (Å²) < 4.78 is 5.12. The van der Waals surface area contributed by atoms with Gasteiger partial charge in [0.15, 0.2) is 0 Å². The number of hydrogen-bond acceptors (Lipinski definition) is 4. The number of methoxy groups -OCH3 is 1. The normalized spacial score (nSPS) is 10.8. The fourth-order valence-corrected chi connectivity index (χ4v) is 3.60. The highest BCUT2D eigenvalue weighted by Crippen LogP contribution is 2.23. The van der Waals surface area contributed by atoms with Gasteiger partial charge in [-0.15, -0.1) is 22.7 Å². The van der Waals surface area contributed by atoms with Gasteiger partial charge in [-0.2, -0.15) is 0 Å². The molecule has 0 aliphatic carbocycles. The van der Waals surface area contributed by atoms with E-state index in [1.807, 2.05) is 29.3 Å². The second-order valence-corrected chi connectivity index (χ2v) is 6.94. The SMILES string of the molecule is COCCN(Cc1cccs1)C(=O)c1cc(C)c(C)s1. The van der Waals surface area contributed by atoms with Crippen molar-refractivity contribution in [1.29, 1.82) is 0 Å². The fourth-order valence-electron chi connectivity index (χ4n) is 1.88. The van der Waals surface area contributed by atoms with Gasteiger partial charge in [-0.05, 0) is 36.9 Å². The number of hydrogen-bond donors (Lipinski definition) is 0. The Bertz CT molecular complexity index is 541. The molecule has 2 rings (SSSR count). The maximum Gasteiger partial charge on any atom is 0.264 e. The van der Waals surface area contributed by atoms with Crippen molar-refractivity contribution in [3.8, 4) is 0 Å². The summed E-state index contributed by atoms with van der Waals surface area (Å²) in [7, 11) is 1.66. The van der Waals surface area contributed by atoms with E-state index in [4.69, 9.17) is 4.74 Å². The van der Waals surface area contributed by atoms with Gasteiger partial charge in [-0.1, -0.05) is 6.07 Å². The molecule has 2 heterocycles. The van der Waals surface area contributed by atoms with E-state index < -0.39 is 0 Å². The Hall–Kier alpha value is -1.17. The van der Waals surface area contributed by atoms with Crippen LogP contribution in [0.15, 0.2) is 23.6 Å². The van der Waals surface area contributed by atoms with E-state index in [0.717, 1.165) is 4.88 Å². The molecule has 0 bridgehead atoms. The maximum absolute atomic E-state index is 12.6. The van der Waals surface area contributed by atoms with E-state index in [9.17, 15) is 4.79 Å². The summed E-state index contributed by atoms with van der Waals surface area (Å²) in [5.74, 6) is 0.0941. The molecule has 20 heavy (non-hydrogen) atoms. The van der Waals surface area contributed by atoms with E-state index in [0.29, 0.717) is 19.7 Å². The number of rotatable bonds is 6. The molecule has 1 amide bonds. The molecule has 0 aromatic carbocycles. The molecule has 2 aromatic heterocycles. The van der Waals surface area contributed by atoms with E-state index in [2.05, 4.69) is 13.0 Å². The first-order valence-electron chi connectivity index (χ1n) is 6.49. The van der Waals surface area contributed by atoms with Crippen LogP contribution in [0.25, 0.3) is 0 Å². The summed E-state index contributed by atoms with van der Waals surface area (Å²) in [5.41, 5.74) is 1.18. The van der Waals surface area contributed by atoms with Crippen LogP contribution in [0, 0.1) is 13.8 Å². The first kappa shape index (κ1) is 15.2. The Labute approximate surface area is 127 Å². The second kappa shape index (κ2) is 7.02. The van der Waals surface area contributed by atoms with Gasteiger partial charge in [-0.3, -0.25) is 4.79 Å². The number of carbonyl (C=O) groups is 1. The highest BCUT2D eigenvalue weighted by Gasteiger charge is 2.18. The zero-order valence-corrected chi connectivity index (χ0v) is 13.6. The van der Waals surface area contributed by atoms with Crippen molar-refractivity contribution in [2.75, 3.05) is 20.3 Å². The van der Waals surface area contributed by atoms with E-state index >= 15 is 0 Å². The van der Waals surface area contributed by atoms with Crippen molar-refractivity contribution < 1.29 is 9.53 Å². The average Bonchev–Trinajstić information content (AvgIpc) is 3.05. The number of amides is 1.